The van der Waals surface area contributed by atoms with Crippen LogP contribution in [-0.2, 0) is 6.18 Å². The van der Waals surface area contributed by atoms with E-state index in [0.29, 0.717) is 5.69 Å². The number of aryl methyl sites for hydroxylation is 2. The van der Waals surface area contributed by atoms with Gasteiger partial charge in [-0.3, -0.25) is 0 Å². The number of hydrogen-bond acceptors (Lipinski definition) is 3. The highest BCUT2D eigenvalue weighted by atomic mass is 32.1. The Bertz CT molecular complexity index is 587. The summed E-state index contributed by atoms with van der Waals surface area (Å²) < 4.78 is 37.4. The topological polar surface area (TPSA) is 24.9 Å². The first-order valence-electron chi connectivity index (χ1n) is 6.15. The first-order chi connectivity index (χ1) is 9.27. The van der Waals surface area contributed by atoms with Crippen molar-refractivity contribution in [3.63, 3.8) is 0 Å². The standard InChI is InChI=1S/C14H15F3N2S/c1-8-13(20-10(3)18-8)9(2)19-12-6-4-11(5-7-12)14(15,16)17/h4-7,9,19H,1-3H3. The van der Waals surface area contributed by atoms with Crippen LogP contribution in [0, 0.1) is 13.8 Å². The van der Waals surface area contributed by atoms with E-state index in [9.17, 15) is 13.2 Å². The monoisotopic (exact) mass is 300 g/mol. The second-order valence-electron chi connectivity index (χ2n) is 4.62. The molecule has 0 radical (unpaired) electrons. The van der Waals surface area contributed by atoms with Gasteiger partial charge in [0.2, 0.25) is 0 Å². The summed E-state index contributed by atoms with van der Waals surface area (Å²) in [7, 11) is 0. The van der Waals surface area contributed by atoms with Gasteiger partial charge >= 0.3 is 6.18 Å². The molecule has 0 saturated heterocycles. The third-order valence-electron chi connectivity index (χ3n) is 2.93. The van der Waals surface area contributed by atoms with Gasteiger partial charge in [0, 0.05) is 10.6 Å². The van der Waals surface area contributed by atoms with E-state index < -0.39 is 11.7 Å². The van der Waals surface area contributed by atoms with Crippen molar-refractivity contribution in [3.8, 4) is 0 Å². The number of nitrogens with one attached hydrogen (secondary N) is 1. The molecule has 2 nitrogen and oxygen atoms in total. The highest BCUT2D eigenvalue weighted by Crippen LogP contribution is 2.31. The third-order valence-corrected chi connectivity index (χ3v) is 4.18. The molecule has 0 aliphatic rings. The second-order valence-corrected chi connectivity index (χ2v) is 5.86. The normalized spacial score (nSPS) is 13.3. The van der Waals surface area contributed by atoms with Crippen LogP contribution < -0.4 is 5.32 Å². The van der Waals surface area contributed by atoms with E-state index in [1.54, 1.807) is 11.3 Å². The predicted octanol–water partition coefficient (Wildman–Crippen LogP) is 4.95. The van der Waals surface area contributed by atoms with Gasteiger partial charge in [0.1, 0.15) is 0 Å². The van der Waals surface area contributed by atoms with Crippen molar-refractivity contribution < 1.29 is 13.2 Å². The molecule has 1 atom stereocenters. The van der Waals surface area contributed by atoms with E-state index in [-0.39, 0.29) is 6.04 Å². The number of nitrogens with zero attached hydrogens (tertiary/aromatic N) is 1. The van der Waals surface area contributed by atoms with E-state index >= 15 is 0 Å². The molecule has 1 heterocycles. The van der Waals surface area contributed by atoms with Crippen molar-refractivity contribution in [3.05, 3.63) is 45.4 Å². The van der Waals surface area contributed by atoms with Crippen molar-refractivity contribution in [2.75, 3.05) is 5.32 Å². The first kappa shape index (κ1) is 14.8. The molecule has 1 unspecified atom stereocenters. The van der Waals surface area contributed by atoms with Crippen LogP contribution in [0.5, 0.6) is 0 Å². The van der Waals surface area contributed by atoms with Crippen LogP contribution in [0.15, 0.2) is 24.3 Å². The van der Waals surface area contributed by atoms with E-state index in [4.69, 9.17) is 0 Å². The smallest absolute Gasteiger partial charge is 0.378 e. The molecule has 0 spiro atoms. The number of thiazole rings is 1. The first-order valence-corrected chi connectivity index (χ1v) is 6.96. The number of alkyl halides is 3. The largest absolute Gasteiger partial charge is 0.416 e. The van der Waals surface area contributed by atoms with Gasteiger partial charge in [-0.2, -0.15) is 13.2 Å². The summed E-state index contributed by atoms with van der Waals surface area (Å²) in [5.41, 5.74) is 0.982. The Balaban J connectivity index is 2.12. The number of rotatable bonds is 3. The van der Waals surface area contributed by atoms with E-state index in [2.05, 4.69) is 10.3 Å². The molecule has 0 bridgehead atoms. The van der Waals surface area contributed by atoms with Crippen LogP contribution in [-0.4, -0.2) is 4.98 Å². The lowest BCUT2D eigenvalue weighted by Gasteiger charge is -2.15. The molecule has 0 aliphatic carbocycles. The van der Waals surface area contributed by atoms with Crippen molar-refractivity contribution in [2.24, 2.45) is 0 Å². The zero-order valence-corrected chi connectivity index (χ0v) is 12.2. The summed E-state index contributed by atoms with van der Waals surface area (Å²) in [6.07, 6.45) is -4.30. The van der Waals surface area contributed by atoms with Crippen LogP contribution in [0.3, 0.4) is 0 Å². The minimum absolute atomic E-state index is 0.0120. The molecule has 20 heavy (non-hydrogen) atoms. The van der Waals surface area contributed by atoms with Crippen LogP contribution in [0.4, 0.5) is 18.9 Å². The fraction of sp³-hybridized carbons (Fsp3) is 0.357. The summed E-state index contributed by atoms with van der Waals surface area (Å²) in [6, 6.07) is 5.07. The molecule has 0 aliphatic heterocycles. The Morgan fingerprint density at radius 2 is 1.75 bits per heavy atom. The van der Waals surface area contributed by atoms with Crippen LogP contribution in [0.25, 0.3) is 0 Å². The molecule has 1 aromatic heterocycles. The SMILES string of the molecule is Cc1nc(C)c(C(C)Nc2ccc(C(F)(F)F)cc2)s1. The van der Waals surface area contributed by atoms with Crippen LogP contribution >= 0.6 is 11.3 Å². The summed E-state index contributed by atoms with van der Waals surface area (Å²) in [4.78, 5) is 5.45. The zero-order valence-electron chi connectivity index (χ0n) is 11.4. The summed E-state index contributed by atoms with van der Waals surface area (Å²) in [5.74, 6) is 0. The maximum atomic E-state index is 12.5. The molecule has 1 N–H and O–H groups in total. The molecule has 6 heteroatoms. The number of benzene rings is 1. The summed E-state index contributed by atoms with van der Waals surface area (Å²) in [6.45, 7) is 5.84. The molecule has 1 aromatic carbocycles. The fourth-order valence-corrected chi connectivity index (χ4v) is 2.95. The molecule has 2 aromatic rings. The van der Waals surface area contributed by atoms with Gasteiger partial charge in [-0.25, -0.2) is 4.98 Å². The van der Waals surface area contributed by atoms with Gasteiger partial charge in [0.05, 0.1) is 22.3 Å². The Morgan fingerprint density at radius 3 is 2.20 bits per heavy atom. The fourth-order valence-electron chi connectivity index (χ4n) is 2.02. The average molecular weight is 300 g/mol. The average Bonchev–Trinajstić information content (AvgIpc) is 2.68. The van der Waals surface area contributed by atoms with Crippen LogP contribution in [0.2, 0.25) is 0 Å². The number of hydrogen-bond donors (Lipinski definition) is 1. The van der Waals surface area contributed by atoms with E-state index in [1.807, 2.05) is 20.8 Å². The Labute approximate surface area is 119 Å². The van der Waals surface area contributed by atoms with E-state index in [0.717, 1.165) is 27.7 Å². The van der Waals surface area contributed by atoms with E-state index in [1.165, 1.54) is 12.1 Å². The Morgan fingerprint density at radius 1 is 1.15 bits per heavy atom. The minimum Gasteiger partial charge on any atom is -0.378 e. The number of halogens is 3. The Kier molecular flexibility index (Phi) is 4.04. The summed E-state index contributed by atoms with van der Waals surface area (Å²) in [5, 5.41) is 4.18. The number of aromatic nitrogens is 1. The van der Waals surface area contributed by atoms with Gasteiger partial charge in [-0.15, -0.1) is 11.3 Å². The third kappa shape index (κ3) is 3.30. The van der Waals surface area contributed by atoms with Gasteiger partial charge in [-0.05, 0) is 45.0 Å². The van der Waals surface area contributed by atoms with Crippen molar-refractivity contribution in [2.45, 2.75) is 33.0 Å². The van der Waals surface area contributed by atoms with Crippen molar-refractivity contribution in [1.82, 2.24) is 4.98 Å². The number of anilines is 1. The van der Waals surface area contributed by atoms with Crippen molar-refractivity contribution >= 4 is 17.0 Å². The summed E-state index contributed by atoms with van der Waals surface area (Å²) >= 11 is 1.60. The lowest BCUT2D eigenvalue weighted by molar-refractivity contribution is -0.137. The van der Waals surface area contributed by atoms with Crippen LogP contribution in [0.1, 0.15) is 34.1 Å². The molecule has 0 saturated carbocycles. The highest BCUT2D eigenvalue weighted by Gasteiger charge is 2.30. The molecule has 0 fully saturated rings. The van der Waals surface area contributed by atoms with Crippen molar-refractivity contribution in [1.29, 1.82) is 0 Å². The molecule has 2 rings (SSSR count). The molecule has 0 amide bonds. The van der Waals surface area contributed by atoms with Gasteiger partial charge in [0.15, 0.2) is 0 Å². The Hall–Kier alpha value is -1.56. The zero-order chi connectivity index (χ0) is 14.9. The van der Waals surface area contributed by atoms with Gasteiger partial charge in [0.25, 0.3) is 0 Å². The maximum Gasteiger partial charge on any atom is 0.416 e. The highest BCUT2D eigenvalue weighted by molar-refractivity contribution is 7.11. The maximum absolute atomic E-state index is 12.5. The van der Waals surface area contributed by atoms with Gasteiger partial charge in [-0.1, -0.05) is 0 Å². The van der Waals surface area contributed by atoms with Gasteiger partial charge < -0.3 is 5.32 Å². The minimum atomic E-state index is -4.30. The predicted molar refractivity (Wildman–Crippen MR) is 75.1 cm³/mol. The molecular weight excluding hydrogens is 285 g/mol. The molecular formula is C14H15F3N2S. The quantitative estimate of drug-likeness (QED) is 0.867. The second kappa shape index (κ2) is 5.44. The molecule has 108 valence electrons. The lowest BCUT2D eigenvalue weighted by atomic mass is 10.1. The lowest BCUT2D eigenvalue weighted by Crippen LogP contribution is -2.08.